The Labute approximate surface area is 141 Å². The topological polar surface area (TPSA) is 21.3 Å². The molecule has 0 aliphatic carbocycles. The number of nitrogens with one attached hydrogen (secondary N) is 1. The van der Waals surface area contributed by atoms with Crippen molar-refractivity contribution in [3.8, 4) is 5.75 Å². The maximum Gasteiger partial charge on any atom is 0.133 e. The minimum atomic E-state index is -0.0305. The highest BCUT2D eigenvalue weighted by molar-refractivity contribution is 9.10. The Morgan fingerprint density at radius 1 is 1.09 bits per heavy atom. The Balaban J connectivity index is 1.84. The largest absolute Gasteiger partial charge is 0.488 e. The molecule has 0 bridgehead atoms. The molecule has 2 aromatic rings. The first-order valence-corrected chi connectivity index (χ1v) is 8.59. The van der Waals surface area contributed by atoms with Gasteiger partial charge < -0.3 is 10.1 Å². The zero-order chi connectivity index (χ0) is 15.6. The molecule has 3 rings (SSSR count). The van der Waals surface area contributed by atoms with Gasteiger partial charge in [0.2, 0.25) is 0 Å². The minimum absolute atomic E-state index is 0.0305. The van der Waals surface area contributed by atoms with Gasteiger partial charge in [-0.2, -0.15) is 0 Å². The molecule has 0 saturated carbocycles. The molecule has 0 radical (unpaired) electrons. The van der Waals surface area contributed by atoms with Gasteiger partial charge in [-0.15, -0.1) is 0 Å². The van der Waals surface area contributed by atoms with Crippen LogP contribution in [0.15, 0.2) is 53.0 Å². The predicted molar refractivity (Wildman–Crippen MR) is 94.6 cm³/mol. The van der Waals surface area contributed by atoms with E-state index in [1.165, 1.54) is 11.1 Å². The SMILES string of the molecule is CC(C)(c1ccccc1)c1ccc(OC2CCNC2)c(Br)c1. The van der Waals surface area contributed by atoms with Crippen LogP contribution < -0.4 is 10.1 Å². The second kappa shape index (κ2) is 6.43. The quantitative estimate of drug-likeness (QED) is 0.866. The molecule has 0 spiro atoms. The summed E-state index contributed by atoms with van der Waals surface area (Å²) < 4.78 is 7.10. The molecular weight excluding hydrogens is 338 g/mol. The fourth-order valence-electron chi connectivity index (χ4n) is 2.91. The molecule has 1 aliphatic heterocycles. The van der Waals surface area contributed by atoms with Gasteiger partial charge in [0.05, 0.1) is 4.47 Å². The van der Waals surface area contributed by atoms with E-state index in [0.29, 0.717) is 0 Å². The van der Waals surface area contributed by atoms with Crippen LogP contribution in [-0.4, -0.2) is 19.2 Å². The van der Waals surface area contributed by atoms with E-state index in [-0.39, 0.29) is 11.5 Å². The molecule has 0 aromatic heterocycles. The molecule has 2 nitrogen and oxygen atoms in total. The van der Waals surface area contributed by atoms with Crippen LogP contribution in [0.3, 0.4) is 0 Å². The van der Waals surface area contributed by atoms with E-state index in [9.17, 15) is 0 Å². The van der Waals surface area contributed by atoms with Crippen molar-refractivity contribution in [1.29, 1.82) is 0 Å². The Kier molecular flexibility index (Phi) is 4.55. The standard InChI is InChI=1S/C19H22BrNO/c1-19(2,14-6-4-3-5-7-14)15-8-9-18(17(20)12-15)22-16-10-11-21-13-16/h3-9,12,16,21H,10-11,13H2,1-2H3. The summed E-state index contributed by atoms with van der Waals surface area (Å²) in [6, 6.07) is 17.1. The third kappa shape index (κ3) is 3.21. The summed E-state index contributed by atoms with van der Waals surface area (Å²) in [7, 11) is 0. The first-order chi connectivity index (χ1) is 10.6. The van der Waals surface area contributed by atoms with Crippen LogP contribution in [0.2, 0.25) is 0 Å². The highest BCUT2D eigenvalue weighted by Gasteiger charge is 2.24. The fraction of sp³-hybridized carbons (Fsp3) is 0.368. The van der Waals surface area contributed by atoms with Crippen LogP contribution >= 0.6 is 15.9 Å². The molecule has 2 aromatic carbocycles. The fourth-order valence-corrected chi connectivity index (χ4v) is 3.39. The van der Waals surface area contributed by atoms with Gasteiger partial charge in [-0.25, -0.2) is 0 Å². The van der Waals surface area contributed by atoms with Crippen molar-refractivity contribution in [1.82, 2.24) is 5.32 Å². The van der Waals surface area contributed by atoms with Crippen LogP contribution in [0.4, 0.5) is 0 Å². The van der Waals surface area contributed by atoms with Gasteiger partial charge in [-0.1, -0.05) is 50.2 Å². The molecule has 3 heteroatoms. The van der Waals surface area contributed by atoms with Crippen LogP contribution in [-0.2, 0) is 5.41 Å². The summed E-state index contributed by atoms with van der Waals surface area (Å²) in [6.07, 6.45) is 1.35. The first kappa shape index (κ1) is 15.6. The van der Waals surface area contributed by atoms with E-state index in [2.05, 4.69) is 83.6 Å². The lowest BCUT2D eigenvalue weighted by Crippen LogP contribution is -2.21. The van der Waals surface area contributed by atoms with Gasteiger partial charge in [-0.3, -0.25) is 0 Å². The van der Waals surface area contributed by atoms with Crippen LogP contribution in [0, 0.1) is 0 Å². The van der Waals surface area contributed by atoms with Gasteiger partial charge >= 0.3 is 0 Å². The lowest BCUT2D eigenvalue weighted by atomic mass is 9.78. The molecule has 1 saturated heterocycles. The van der Waals surface area contributed by atoms with E-state index in [4.69, 9.17) is 4.74 Å². The van der Waals surface area contributed by atoms with E-state index in [0.717, 1.165) is 29.7 Å². The third-order valence-corrected chi connectivity index (χ3v) is 5.08. The molecule has 1 atom stereocenters. The zero-order valence-electron chi connectivity index (χ0n) is 13.1. The first-order valence-electron chi connectivity index (χ1n) is 7.80. The van der Waals surface area contributed by atoms with Gasteiger partial charge in [0.25, 0.3) is 0 Å². The number of rotatable bonds is 4. The third-order valence-electron chi connectivity index (χ3n) is 4.46. The van der Waals surface area contributed by atoms with Crippen molar-refractivity contribution in [3.05, 3.63) is 64.1 Å². The van der Waals surface area contributed by atoms with Crippen LogP contribution in [0.25, 0.3) is 0 Å². The van der Waals surface area contributed by atoms with Crippen LogP contribution in [0.1, 0.15) is 31.4 Å². The maximum atomic E-state index is 6.07. The lowest BCUT2D eigenvalue weighted by molar-refractivity contribution is 0.221. The molecular formula is C19H22BrNO. The minimum Gasteiger partial charge on any atom is -0.488 e. The summed E-state index contributed by atoms with van der Waals surface area (Å²) in [5.41, 5.74) is 2.56. The Bertz CT molecular complexity index is 633. The van der Waals surface area contributed by atoms with Gasteiger partial charge in [0.1, 0.15) is 11.9 Å². The average Bonchev–Trinajstić information content (AvgIpc) is 3.03. The number of hydrogen-bond donors (Lipinski definition) is 1. The molecule has 1 heterocycles. The summed E-state index contributed by atoms with van der Waals surface area (Å²) in [5, 5.41) is 3.33. The molecule has 1 unspecified atom stereocenters. The van der Waals surface area contributed by atoms with Gasteiger partial charge in [0.15, 0.2) is 0 Å². The second-order valence-corrected chi connectivity index (χ2v) is 7.22. The molecule has 22 heavy (non-hydrogen) atoms. The molecule has 1 N–H and O–H groups in total. The van der Waals surface area contributed by atoms with Gasteiger partial charge in [-0.05, 0) is 52.2 Å². The van der Waals surface area contributed by atoms with Crippen molar-refractivity contribution in [2.75, 3.05) is 13.1 Å². The zero-order valence-corrected chi connectivity index (χ0v) is 14.7. The number of halogens is 1. The number of ether oxygens (including phenoxy) is 1. The predicted octanol–water partition coefficient (Wildman–Crippen LogP) is 4.52. The van der Waals surface area contributed by atoms with Crippen molar-refractivity contribution in [3.63, 3.8) is 0 Å². The van der Waals surface area contributed by atoms with Crippen molar-refractivity contribution in [2.24, 2.45) is 0 Å². The summed E-state index contributed by atoms with van der Waals surface area (Å²) in [6.45, 7) is 6.49. The second-order valence-electron chi connectivity index (χ2n) is 6.37. The monoisotopic (exact) mass is 359 g/mol. The highest BCUT2D eigenvalue weighted by Crippen LogP contribution is 2.36. The van der Waals surface area contributed by atoms with Gasteiger partial charge in [0, 0.05) is 12.0 Å². The highest BCUT2D eigenvalue weighted by atomic mass is 79.9. The summed E-state index contributed by atoms with van der Waals surface area (Å²) >= 11 is 3.67. The van der Waals surface area contributed by atoms with E-state index < -0.39 is 0 Å². The Morgan fingerprint density at radius 2 is 1.86 bits per heavy atom. The lowest BCUT2D eigenvalue weighted by Gasteiger charge is -2.27. The molecule has 1 fully saturated rings. The molecule has 0 amide bonds. The van der Waals surface area contributed by atoms with Crippen molar-refractivity contribution in [2.45, 2.75) is 31.8 Å². The van der Waals surface area contributed by atoms with E-state index >= 15 is 0 Å². The Morgan fingerprint density at radius 3 is 2.50 bits per heavy atom. The molecule has 1 aliphatic rings. The normalized spacial score (nSPS) is 18.4. The number of hydrogen-bond acceptors (Lipinski definition) is 2. The number of benzene rings is 2. The van der Waals surface area contributed by atoms with E-state index in [1.807, 2.05) is 0 Å². The average molecular weight is 360 g/mol. The van der Waals surface area contributed by atoms with E-state index in [1.54, 1.807) is 0 Å². The Hall–Kier alpha value is -1.32. The van der Waals surface area contributed by atoms with Crippen LogP contribution in [0.5, 0.6) is 5.75 Å². The molecule has 116 valence electrons. The van der Waals surface area contributed by atoms with Crippen molar-refractivity contribution >= 4 is 15.9 Å². The maximum absolute atomic E-state index is 6.07. The summed E-state index contributed by atoms with van der Waals surface area (Å²) in [5.74, 6) is 0.932. The smallest absolute Gasteiger partial charge is 0.133 e. The summed E-state index contributed by atoms with van der Waals surface area (Å²) in [4.78, 5) is 0. The van der Waals surface area contributed by atoms with Crippen molar-refractivity contribution < 1.29 is 4.74 Å².